The van der Waals surface area contributed by atoms with Crippen molar-refractivity contribution >= 4 is 5.91 Å². The van der Waals surface area contributed by atoms with Gasteiger partial charge in [0.25, 0.3) is 0 Å². The molecular formula is C13H25N3O. The van der Waals surface area contributed by atoms with Crippen LogP contribution in [-0.2, 0) is 4.79 Å². The second-order valence-corrected chi connectivity index (χ2v) is 4.42. The lowest BCUT2D eigenvalue weighted by Crippen LogP contribution is -2.41. The summed E-state index contributed by atoms with van der Waals surface area (Å²) in [7, 11) is 0. The zero-order chi connectivity index (χ0) is 12.7. The molecule has 0 aromatic heterocycles. The minimum absolute atomic E-state index is 0.210. The Balaban J connectivity index is 2.33. The van der Waals surface area contributed by atoms with Crippen molar-refractivity contribution < 1.29 is 4.79 Å². The maximum Gasteiger partial charge on any atom is 0.236 e. The fraction of sp³-hybridized carbons (Fsp3) is 0.769. The highest BCUT2D eigenvalue weighted by molar-refractivity contribution is 5.78. The number of likely N-dealkylation sites (tertiary alicyclic amines) is 1. The number of carbonyl (C=O) groups is 1. The topological polar surface area (TPSA) is 35.6 Å². The van der Waals surface area contributed by atoms with E-state index in [1.165, 1.54) is 0 Å². The molecular weight excluding hydrogens is 214 g/mol. The SMILES string of the molecule is C=CCNCC(=O)N1CCC(N(CC)CC)C1. The van der Waals surface area contributed by atoms with Crippen LogP contribution in [0.2, 0.25) is 0 Å². The molecule has 1 saturated heterocycles. The Morgan fingerprint density at radius 3 is 2.82 bits per heavy atom. The van der Waals surface area contributed by atoms with Crippen molar-refractivity contribution in [2.45, 2.75) is 26.3 Å². The highest BCUT2D eigenvalue weighted by Gasteiger charge is 2.28. The molecule has 0 aliphatic carbocycles. The van der Waals surface area contributed by atoms with Gasteiger partial charge in [-0.25, -0.2) is 0 Å². The maximum atomic E-state index is 11.9. The number of amides is 1. The van der Waals surface area contributed by atoms with Crippen molar-refractivity contribution in [2.75, 3.05) is 39.3 Å². The fourth-order valence-electron chi connectivity index (χ4n) is 2.40. The van der Waals surface area contributed by atoms with E-state index in [0.29, 0.717) is 19.1 Å². The molecule has 1 amide bonds. The van der Waals surface area contributed by atoms with Crippen molar-refractivity contribution in [2.24, 2.45) is 0 Å². The summed E-state index contributed by atoms with van der Waals surface area (Å²) in [6.07, 6.45) is 2.88. The van der Waals surface area contributed by atoms with Gasteiger partial charge in [-0.15, -0.1) is 6.58 Å². The maximum absolute atomic E-state index is 11.9. The Kier molecular flexibility index (Phi) is 6.22. The van der Waals surface area contributed by atoms with Crippen LogP contribution in [0.5, 0.6) is 0 Å². The van der Waals surface area contributed by atoms with Gasteiger partial charge in [0.2, 0.25) is 5.91 Å². The van der Waals surface area contributed by atoms with E-state index < -0.39 is 0 Å². The second-order valence-electron chi connectivity index (χ2n) is 4.42. The predicted octanol–water partition coefficient (Wildman–Crippen LogP) is 0.705. The average Bonchev–Trinajstić information content (AvgIpc) is 2.80. The lowest BCUT2D eigenvalue weighted by atomic mass is 10.2. The van der Waals surface area contributed by atoms with Gasteiger partial charge in [-0.1, -0.05) is 19.9 Å². The number of likely N-dealkylation sites (N-methyl/N-ethyl adjacent to an activating group) is 1. The molecule has 1 N–H and O–H groups in total. The molecule has 1 unspecified atom stereocenters. The van der Waals surface area contributed by atoms with Crippen LogP contribution in [0.1, 0.15) is 20.3 Å². The van der Waals surface area contributed by atoms with Crippen LogP contribution in [0.3, 0.4) is 0 Å². The Labute approximate surface area is 105 Å². The zero-order valence-electron chi connectivity index (χ0n) is 11.1. The van der Waals surface area contributed by atoms with E-state index in [-0.39, 0.29) is 5.91 Å². The van der Waals surface area contributed by atoms with Crippen LogP contribution in [0.4, 0.5) is 0 Å². The summed E-state index contributed by atoms with van der Waals surface area (Å²) >= 11 is 0. The standard InChI is InChI=1S/C13H25N3O/c1-4-8-14-10-13(17)16-9-7-12(11-16)15(5-2)6-3/h4,12,14H,1,5-11H2,2-3H3. The van der Waals surface area contributed by atoms with Gasteiger partial charge in [-0.05, 0) is 19.5 Å². The molecule has 0 saturated carbocycles. The normalized spacial score (nSPS) is 19.9. The highest BCUT2D eigenvalue weighted by Crippen LogP contribution is 2.15. The third-order valence-electron chi connectivity index (χ3n) is 3.41. The first kappa shape index (κ1) is 14.2. The molecule has 0 bridgehead atoms. The fourth-order valence-corrected chi connectivity index (χ4v) is 2.40. The lowest BCUT2D eigenvalue weighted by molar-refractivity contribution is -0.129. The number of hydrogen-bond donors (Lipinski definition) is 1. The van der Waals surface area contributed by atoms with Crippen molar-refractivity contribution in [1.29, 1.82) is 0 Å². The van der Waals surface area contributed by atoms with E-state index in [4.69, 9.17) is 0 Å². The largest absolute Gasteiger partial charge is 0.340 e. The first-order valence-electron chi connectivity index (χ1n) is 6.56. The van der Waals surface area contributed by atoms with Crippen LogP contribution < -0.4 is 5.32 Å². The van der Waals surface area contributed by atoms with E-state index in [2.05, 4.69) is 30.6 Å². The molecule has 4 nitrogen and oxygen atoms in total. The molecule has 0 radical (unpaired) electrons. The third-order valence-corrected chi connectivity index (χ3v) is 3.41. The van der Waals surface area contributed by atoms with Crippen molar-refractivity contribution in [1.82, 2.24) is 15.1 Å². The number of hydrogen-bond acceptors (Lipinski definition) is 3. The van der Waals surface area contributed by atoms with Crippen molar-refractivity contribution in [3.63, 3.8) is 0 Å². The monoisotopic (exact) mass is 239 g/mol. The molecule has 1 aliphatic rings. The summed E-state index contributed by atoms with van der Waals surface area (Å²) in [4.78, 5) is 16.3. The summed E-state index contributed by atoms with van der Waals surface area (Å²) in [5.74, 6) is 0.210. The van der Waals surface area contributed by atoms with Gasteiger partial charge >= 0.3 is 0 Å². The molecule has 0 aromatic carbocycles. The Morgan fingerprint density at radius 1 is 1.53 bits per heavy atom. The Hall–Kier alpha value is -0.870. The summed E-state index contributed by atoms with van der Waals surface area (Å²) < 4.78 is 0. The Bertz CT molecular complexity index is 251. The van der Waals surface area contributed by atoms with E-state index in [1.54, 1.807) is 6.08 Å². The molecule has 1 aliphatic heterocycles. The van der Waals surface area contributed by atoms with E-state index >= 15 is 0 Å². The van der Waals surface area contributed by atoms with Crippen LogP contribution in [0.15, 0.2) is 12.7 Å². The summed E-state index contributed by atoms with van der Waals surface area (Å²) in [6.45, 7) is 13.0. The molecule has 4 heteroatoms. The average molecular weight is 239 g/mol. The van der Waals surface area contributed by atoms with Gasteiger partial charge < -0.3 is 10.2 Å². The van der Waals surface area contributed by atoms with Gasteiger partial charge in [-0.2, -0.15) is 0 Å². The van der Waals surface area contributed by atoms with E-state index in [1.807, 2.05) is 4.90 Å². The molecule has 1 rings (SSSR count). The van der Waals surface area contributed by atoms with Gasteiger partial charge in [0, 0.05) is 25.7 Å². The summed E-state index contributed by atoms with van der Waals surface area (Å²) in [5, 5.41) is 3.06. The van der Waals surface area contributed by atoms with Crippen LogP contribution in [0.25, 0.3) is 0 Å². The lowest BCUT2D eigenvalue weighted by Gasteiger charge is -2.26. The number of nitrogens with one attached hydrogen (secondary N) is 1. The summed E-state index contributed by atoms with van der Waals surface area (Å²) in [5.41, 5.74) is 0. The zero-order valence-corrected chi connectivity index (χ0v) is 11.1. The molecule has 17 heavy (non-hydrogen) atoms. The molecule has 0 spiro atoms. The molecule has 1 atom stereocenters. The molecule has 1 fully saturated rings. The third kappa shape index (κ3) is 4.13. The van der Waals surface area contributed by atoms with Crippen LogP contribution in [-0.4, -0.2) is 61.0 Å². The van der Waals surface area contributed by atoms with Crippen molar-refractivity contribution in [3.05, 3.63) is 12.7 Å². The van der Waals surface area contributed by atoms with Gasteiger partial charge in [0.05, 0.1) is 6.54 Å². The molecule has 98 valence electrons. The van der Waals surface area contributed by atoms with Crippen molar-refractivity contribution in [3.8, 4) is 0 Å². The number of rotatable bonds is 7. The van der Waals surface area contributed by atoms with E-state index in [9.17, 15) is 4.79 Å². The minimum Gasteiger partial charge on any atom is -0.340 e. The predicted molar refractivity (Wildman–Crippen MR) is 71.0 cm³/mol. The van der Waals surface area contributed by atoms with Gasteiger partial charge in [0.15, 0.2) is 0 Å². The highest BCUT2D eigenvalue weighted by atomic mass is 16.2. The minimum atomic E-state index is 0.210. The first-order valence-corrected chi connectivity index (χ1v) is 6.56. The number of nitrogens with zero attached hydrogens (tertiary/aromatic N) is 2. The molecule has 1 heterocycles. The first-order chi connectivity index (χ1) is 8.22. The van der Waals surface area contributed by atoms with Crippen LogP contribution in [0, 0.1) is 0 Å². The van der Waals surface area contributed by atoms with Crippen LogP contribution >= 0.6 is 0 Å². The Morgan fingerprint density at radius 2 is 2.24 bits per heavy atom. The van der Waals surface area contributed by atoms with E-state index in [0.717, 1.165) is 32.6 Å². The number of carbonyl (C=O) groups excluding carboxylic acids is 1. The van der Waals surface area contributed by atoms with Gasteiger partial charge in [0.1, 0.15) is 0 Å². The summed E-state index contributed by atoms with van der Waals surface area (Å²) in [6, 6.07) is 0.549. The van der Waals surface area contributed by atoms with Gasteiger partial charge in [-0.3, -0.25) is 9.69 Å². The smallest absolute Gasteiger partial charge is 0.236 e. The quantitative estimate of drug-likeness (QED) is 0.525. The second kappa shape index (κ2) is 7.45. The molecule has 0 aromatic rings.